The molecule has 0 aliphatic heterocycles. The van der Waals surface area contributed by atoms with Gasteiger partial charge in [0, 0.05) is 17.3 Å². The van der Waals surface area contributed by atoms with Gasteiger partial charge in [0.2, 0.25) is 0 Å². The first-order valence-electron chi connectivity index (χ1n) is 5.57. The van der Waals surface area contributed by atoms with Crippen molar-refractivity contribution in [2.24, 2.45) is 0 Å². The van der Waals surface area contributed by atoms with Crippen LogP contribution in [0.2, 0.25) is 0 Å². The van der Waals surface area contributed by atoms with Gasteiger partial charge in [-0.2, -0.15) is 0 Å². The number of ether oxygens (including phenoxy) is 1. The molecule has 1 aromatic heterocycles. The molecule has 0 radical (unpaired) electrons. The van der Waals surface area contributed by atoms with Gasteiger partial charge in [-0.05, 0) is 20.4 Å². The van der Waals surface area contributed by atoms with E-state index in [4.69, 9.17) is 4.74 Å². The molecule has 1 rings (SSSR count). The van der Waals surface area contributed by atoms with Gasteiger partial charge in [0.05, 0.1) is 6.61 Å². The highest BCUT2D eigenvalue weighted by atomic mass is 32.2. The van der Waals surface area contributed by atoms with E-state index in [1.165, 1.54) is 0 Å². The molecule has 96 valence electrons. The number of nitrogens with zero attached hydrogens (tertiary/aromatic N) is 1. The fourth-order valence-corrected chi connectivity index (χ4v) is 3.09. The van der Waals surface area contributed by atoms with Gasteiger partial charge in [-0.15, -0.1) is 11.3 Å². The lowest BCUT2D eigenvalue weighted by Gasteiger charge is -2.27. The summed E-state index contributed by atoms with van der Waals surface area (Å²) in [6.45, 7) is 6.80. The average Bonchev–Trinajstić information content (AvgIpc) is 2.80. The Morgan fingerprint density at radius 3 is 2.94 bits per heavy atom. The molecule has 1 unspecified atom stereocenters. The van der Waals surface area contributed by atoms with Crippen molar-refractivity contribution in [3.8, 4) is 0 Å². The summed E-state index contributed by atoms with van der Waals surface area (Å²) in [5.74, 6) is 0.415. The molecule has 17 heavy (non-hydrogen) atoms. The summed E-state index contributed by atoms with van der Waals surface area (Å²) < 4.78 is 6.07. The quantitative estimate of drug-likeness (QED) is 0.610. The van der Waals surface area contributed by atoms with Crippen LogP contribution in [0.1, 0.15) is 20.8 Å². The molecule has 0 amide bonds. The number of nitrogens with one attached hydrogen (secondary N) is 1. The van der Waals surface area contributed by atoms with E-state index < -0.39 is 5.54 Å². The number of carbonyl (C=O) groups excluding carboxylic acids is 1. The molecule has 6 heteroatoms. The topological polar surface area (TPSA) is 51.2 Å². The largest absolute Gasteiger partial charge is 0.465 e. The maximum absolute atomic E-state index is 11.9. The van der Waals surface area contributed by atoms with E-state index in [9.17, 15) is 4.79 Å². The van der Waals surface area contributed by atoms with Crippen LogP contribution in [-0.2, 0) is 9.53 Å². The highest BCUT2D eigenvalue weighted by Crippen LogP contribution is 2.25. The minimum atomic E-state index is -0.652. The summed E-state index contributed by atoms with van der Waals surface area (Å²) in [5.41, 5.74) is -0.652. The van der Waals surface area contributed by atoms with Crippen molar-refractivity contribution in [1.82, 2.24) is 10.3 Å². The molecule has 0 aliphatic carbocycles. The van der Waals surface area contributed by atoms with Gasteiger partial charge in [0.1, 0.15) is 9.88 Å². The maximum atomic E-state index is 11.9. The van der Waals surface area contributed by atoms with E-state index in [1.807, 2.05) is 26.2 Å². The van der Waals surface area contributed by atoms with Crippen LogP contribution in [0.5, 0.6) is 0 Å². The van der Waals surface area contributed by atoms with Gasteiger partial charge in [-0.25, -0.2) is 4.98 Å². The summed E-state index contributed by atoms with van der Waals surface area (Å²) in [6.07, 6.45) is 1.77. The van der Waals surface area contributed by atoms with E-state index in [1.54, 1.807) is 29.3 Å². The van der Waals surface area contributed by atoms with Crippen molar-refractivity contribution >= 4 is 29.1 Å². The second-order valence-electron chi connectivity index (χ2n) is 3.67. The Morgan fingerprint density at radius 2 is 2.41 bits per heavy atom. The smallest absolute Gasteiger partial charge is 0.326 e. The van der Waals surface area contributed by atoms with Crippen molar-refractivity contribution in [3.05, 3.63) is 11.6 Å². The molecular weight excluding hydrogens is 256 g/mol. The standard InChI is InChI=1S/C11H18N2O2S2/c1-4-13-11(3,9(14)15-5-2)8-17-10-12-6-7-16-10/h6-7,13H,4-5,8H2,1-3H3. The van der Waals surface area contributed by atoms with Crippen molar-refractivity contribution < 1.29 is 9.53 Å². The van der Waals surface area contributed by atoms with Gasteiger partial charge < -0.3 is 10.1 Å². The Kier molecular flexibility index (Phi) is 5.94. The fraction of sp³-hybridized carbons (Fsp3) is 0.636. The fourth-order valence-electron chi connectivity index (χ4n) is 1.35. The Labute approximate surface area is 110 Å². The summed E-state index contributed by atoms with van der Waals surface area (Å²) in [7, 11) is 0. The Bertz CT molecular complexity index is 343. The predicted octanol–water partition coefficient (Wildman–Crippen LogP) is 2.17. The normalized spacial score (nSPS) is 14.3. The highest BCUT2D eigenvalue weighted by molar-refractivity contribution is 8.01. The third-order valence-corrected chi connectivity index (χ3v) is 4.47. The number of aromatic nitrogens is 1. The predicted molar refractivity (Wildman–Crippen MR) is 71.6 cm³/mol. The van der Waals surface area contributed by atoms with Crippen LogP contribution >= 0.6 is 23.1 Å². The van der Waals surface area contributed by atoms with Crippen LogP contribution < -0.4 is 5.32 Å². The molecule has 0 aromatic carbocycles. The summed E-state index contributed by atoms with van der Waals surface area (Å²) >= 11 is 3.15. The van der Waals surface area contributed by atoms with Crippen LogP contribution in [0, 0.1) is 0 Å². The lowest BCUT2D eigenvalue weighted by molar-refractivity contribution is -0.149. The van der Waals surface area contributed by atoms with Gasteiger partial charge in [0.25, 0.3) is 0 Å². The van der Waals surface area contributed by atoms with E-state index in [0.29, 0.717) is 12.4 Å². The first kappa shape index (κ1) is 14.5. The molecule has 0 bridgehead atoms. The van der Waals surface area contributed by atoms with Crippen LogP contribution in [0.15, 0.2) is 15.9 Å². The number of carbonyl (C=O) groups is 1. The van der Waals surface area contributed by atoms with E-state index in [0.717, 1.165) is 10.9 Å². The number of thioether (sulfide) groups is 1. The van der Waals surface area contributed by atoms with Gasteiger partial charge in [0.15, 0.2) is 0 Å². The van der Waals surface area contributed by atoms with Crippen LogP contribution in [0.4, 0.5) is 0 Å². The second kappa shape index (κ2) is 6.98. The number of rotatable bonds is 7. The molecule has 0 spiro atoms. The zero-order valence-electron chi connectivity index (χ0n) is 10.4. The molecule has 0 saturated carbocycles. The molecule has 0 saturated heterocycles. The molecule has 0 fully saturated rings. The van der Waals surface area contributed by atoms with Crippen LogP contribution in [0.25, 0.3) is 0 Å². The number of hydrogen-bond acceptors (Lipinski definition) is 6. The van der Waals surface area contributed by atoms with Crippen molar-refractivity contribution in [3.63, 3.8) is 0 Å². The van der Waals surface area contributed by atoms with Crippen molar-refractivity contribution in [1.29, 1.82) is 0 Å². The first-order valence-corrected chi connectivity index (χ1v) is 7.43. The Balaban J connectivity index is 2.60. The molecule has 4 nitrogen and oxygen atoms in total. The van der Waals surface area contributed by atoms with Gasteiger partial charge in [-0.3, -0.25) is 4.79 Å². The number of thiazole rings is 1. The zero-order valence-corrected chi connectivity index (χ0v) is 12.0. The summed E-state index contributed by atoms with van der Waals surface area (Å²) in [6, 6.07) is 0. The average molecular weight is 274 g/mol. The van der Waals surface area contributed by atoms with Gasteiger partial charge >= 0.3 is 5.97 Å². The highest BCUT2D eigenvalue weighted by Gasteiger charge is 2.34. The third kappa shape index (κ3) is 4.29. The molecule has 0 aliphatic rings. The van der Waals surface area contributed by atoms with Crippen LogP contribution in [-0.4, -0.2) is 35.4 Å². The van der Waals surface area contributed by atoms with Crippen LogP contribution in [0.3, 0.4) is 0 Å². The first-order chi connectivity index (χ1) is 8.12. The Hall–Kier alpha value is -0.590. The molecule has 1 N–H and O–H groups in total. The number of esters is 1. The van der Waals surface area contributed by atoms with E-state index >= 15 is 0 Å². The van der Waals surface area contributed by atoms with E-state index in [-0.39, 0.29) is 5.97 Å². The number of likely N-dealkylation sites (N-methyl/N-ethyl adjacent to an activating group) is 1. The number of hydrogen-bond donors (Lipinski definition) is 1. The summed E-state index contributed by atoms with van der Waals surface area (Å²) in [4.78, 5) is 16.1. The molecular formula is C11H18N2O2S2. The van der Waals surface area contributed by atoms with Gasteiger partial charge in [-0.1, -0.05) is 18.7 Å². The van der Waals surface area contributed by atoms with Crippen molar-refractivity contribution in [2.75, 3.05) is 18.9 Å². The molecule has 1 heterocycles. The third-order valence-electron chi connectivity index (χ3n) is 2.19. The second-order valence-corrected chi connectivity index (χ2v) is 5.79. The lowest BCUT2D eigenvalue weighted by atomic mass is 10.1. The lowest BCUT2D eigenvalue weighted by Crippen LogP contribution is -2.52. The molecule has 1 atom stereocenters. The Morgan fingerprint density at radius 1 is 1.65 bits per heavy atom. The van der Waals surface area contributed by atoms with E-state index in [2.05, 4.69) is 10.3 Å². The monoisotopic (exact) mass is 274 g/mol. The summed E-state index contributed by atoms with van der Waals surface area (Å²) in [5, 5.41) is 5.12. The zero-order chi connectivity index (χ0) is 12.7. The minimum Gasteiger partial charge on any atom is -0.465 e. The van der Waals surface area contributed by atoms with Crippen molar-refractivity contribution in [2.45, 2.75) is 30.6 Å². The SMILES string of the molecule is CCNC(C)(CSc1nccs1)C(=O)OCC. The minimum absolute atomic E-state index is 0.203. The molecule has 1 aromatic rings. The maximum Gasteiger partial charge on any atom is 0.326 e.